The van der Waals surface area contributed by atoms with Crippen LogP contribution in [0.3, 0.4) is 0 Å². The standard InChI is InChI=1S/C12H13N3O3/c13-5-10-2-1-9(6-14-10)12(16)15-7-11-8-17-3-4-18-11/h1-2,6,11H,3-4,7-8H2,(H,15,16)/t11-/m0/s1. The van der Waals surface area contributed by atoms with Crippen LogP contribution in [0.1, 0.15) is 16.1 Å². The van der Waals surface area contributed by atoms with E-state index in [9.17, 15) is 4.79 Å². The van der Waals surface area contributed by atoms with E-state index in [4.69, 9.17) is 14.7 Å². The molecule has 1 aliphatic heterocycles. The predicted molar refractivity (Wildman–Crippen MR) is 61.8 cm³/mol. The Morgan fingerprint density at radius 2 is 2.44 bits per heavy atom. The zero-order valence-corrected chi connectivity index (χ0v) is 9.76. The molecule has 2 rings (SSSR count). The molecule has 1 amide bonds. The molecule has 1 aliphatic rings. The van der Waals surface area contributed by atoms with Gasteiger partial charge in [-0.3, -0.25) is 4.79 Å². The Labute approximate surface area is 105 Å². The van der Waals surface area contributed by atoms with Gasteiger partial charge in [0.05, 0.1) is 31.5 Å². The summed E-state index contributed by atoms with van der Waals surface area (Å²) in [6, 6.07) is 4.98. The van der Waals surface area contributed by atoms with E-state index in [-0.39, 0.29) is 17.7 Å². The highest BCUT2D eigenvalue weighted by atomic mass is 16.6. The average Bonchev–Trinajstić information content (AvgIpc) is 2.46. The molecule has 0 aliphatic carbocycles. The fourth-order valence-corrected chi connectivity index (χ4v) is 1.56. The van der Waals surface area contributed by atoms with Crippen LogP contribution in [0.4, 0.5) is 0 Å². The van der Waals surface area contributed by atoms with Crippen molar-refractivity contribution in [1.82, 2.24) is 10.3 Å². The number of carbonyl (C=O) groups is 1. The normalized spacial score (nSPS) is 18.9. The Morgan fingerprint density at radius 3 is 3.06 bits per heavy atom. The Balaban J connectivity index is 1.85. The molecule has 18 heavy (non-hydrogen) atoms. The molecule has 1 atom stereocenters. The van der Waals surface area contributed by atoms with Gasteiger partial charge >= 0.3 is 0 Å². The molecule has 1 N–H and O–H groups in total. The molecule has 0 saturated carbocycles. The van der Waals surface area contributed by atoms with Crippen molar-refractivity contribution in [2.45, 2.75) is 6.10 Å². The zero-order chi connectivity index (χ0) is 12.8. The molecule has 6 heteroatoms. The summed E-state index contributed by atoms with van der Waals surface area (Å²) in [5.74, 6) is -0.235. The van der Waals surface area contributed by atoms with Gasteiger partial charge in [-0.05, 0) is 12.1 Å². The molecule has 0 aromatic carbocycles. The fraction of sp³-hybridized carbons (Fsp3) is 0.417. The number of amides is 1. The Kier molecular flexibility index (Phi) is 4.23. The molecule has 94 valence electrons. The minimum Gasteiger partial charge on any atom is -0.376 e. The fourth-order valence-electron chi connectivity index (χ4n) is 1.56. The molecule has 1 fully saturated rings. The molecule has 2 heterocycles. The van der Waals surface area contributed by atoms with Crippen LogP contribution < -0.4 is 5.32 Å². The summed E-state index contributed by atoms with van der Waals surface area (Å²) in [4.78, 5) is 15.6. The van der Waals surface area contributed by atoms with Gasteiger partial charge in [0, 0.05) is 12.7 Å². The number of nitriles is 1. The molecular weight excluding hydrogens is 234 g/mol. The van der Waals surface area contributed by atoms with Crippen molar-refractivity contribution >= 4 is 5.91 Å². The maximum atomic E-state index is 11.8. The van der Waals surface area contributed by atoms with E-state index in [1.165, 1.54) is 12.3 Å². The molecule has 1 aromatic heterocycles. The van der Waals surface area contributed by atoms with Gasteiger partial charge in [-0.2, -0.15) is 5.26 Å². The van der Waals surface area contributed by atoms with Crippen LogP contribution in [0.15, 0.2) is 18.3 Å². The van der Waals surface area contributed by atoms with Crippen molar-refractivity contribution in [3.05, 3.63) is 29.6 Å². The molecule has 1 aromatic rings. The van der Waals surface area contributed by atoms with Gasteiger partial charge in [0.15, 0.2) is 0 Å². The molecule has 0 bridgehead atoms. The second kappa shape index (κ2) is 6.10. The lowest BCUT2D eigenvalue weighted by molar-refractivity contribution is -0.0855. The van der Waals surface area contributed by atoms with Crippen molar-refractivity contribution in [2.75, 3.05) is 26.4 Å². The number of ether oxygens (including phenoxy) is 2. The van der Waals surface area contributed by atoms with Crippen LogP contribution in [0.5, 0.6) is 0 Å². The molecule has 1 saturated heterocycles. The first-order valence-corrected chi connectivity index (χ1v) is 5.63. The quantitative estimate of drug-likeness (QED) is 0.818. The Morgan fingerprint density at radius 1 is 1.56 bits per heavy atom. The Bertz CT molecular complexity index is 447. The number of aromatic nitrogens is 1. The highest BCUT2D eigenvalue weighted by Gasteiger charge is 2.15. The van der Waals surface area contributed by atoms with Crippen molar-refractivity contribution in [3.63, 3.8) is 0 Å². The third-order valence-corrected chi connectivity index (χ3v) is 2.52. The van der Waals surface area contributed by atoms with Gasteiger partial charge in [0.1, 0.15) is 11.8 Å². The number of hydrogen-bond donors (Lipinski definition) is 1. The monoisotopic (exact) mass is 247 g/mol. The van der Waals surface area contributed by atoms with E-state index < -0.39 is 0 Å². The van der Waals surface area contributed by atoms with Crippen LogP contribution in [0, 0.1) is 11.3 Å². The van der Waals surface area contributed by atoms with Crippen LogP contribution >= 0.6 is 0 Å². The van der Waals surface area contributed by atoms with Crippen molar-refractivity contribution in [2.24, 2.45) is 0 Å². The summed E-state index contributed by atoms with van der Waals surface area (Å²) >= 11 is 0. The smallest absolute Gasteiger partial charge is 0.252 e. The number of nitrogens with one attached hydrogen (secondary N) is 1. The summed E-state index contributed by atoms with van der Waals surface area (Å²) in [5.41, 5.74) is 0.710. The van der Waals surface area contributed by atoms with Crippen molar-refractivity contribution < 1.29 is 14.3 Å². The van der Waals surface area contributed by atoms with Gasteiger partial charge in [0.25, 0.3) is 5.91 Å². The molecule has 6 nitrogen and oxygen atoms in total. The summed E-state index contributed by atoms with van der Waals surface area (Å²) in [7, 11) is 0. The number of rotatable bonds is 3. The lowest BCUT2D eigenvalue weighted by Gasteiger charge is -2.23. The van der Waals surface area contributed by atoms with Crippen molar-refractivity contribution in [3.8, 4) is 6.07 Å². The van der Waals surface area contributed by atoms with E-state index in [0.717, 1.165) is 0 Å². The highest BCUT2D eigenvalue weighted by Crippen LogP contribution is 2.02. The van der Waals surface area contributed by atoms with Crippen LogP contribution in [-0.2, 0) is 9.47 Å². The zero-order valence-electron chi connectivity index (χ0n) is 9.76. The van der Waals surface area contributed by atoms with Gasteiger partial charge < -0.3 is 14.8 Å². The highest BCUT2D eigenvalue weighted by molar-refractivity contribution is 5.93. The number of carbonyl (C=O) groups excluding carboxylic acids is 1. The minimum absolute atomic E-state index is 0.103. The molecule has 0 unspecified atom stereocenters. The molecule has 0 radical (unpaired) electrons. The summed E-state index contributed by atoms with van der Waals surface area (Å²) < 4.78 is 10.6. The Hall–Kier alpha value is -1.97. The van der Waals surface area contributed by atoms with Crippen LogP contribution in [-0.4, -0.2) is 43.4 Å². The second-order valence-electron chi connectivity index (χ2n) is 3.82. The lowest BCUT2D eigenvalue weighted by atomic mass is 10.2. The number of pyridine rings is 1. The van der Waals surface area contributed by atoms with Gasteiger partial charge in [-0.25, -0.2) is 4.98 Å². The van der Waals surface area contributed by atoms with E-state index in [1.807, 2.05) is 6.07 Å². The minimum atomic E-state index is -0.235. The predicted octanol–water partition coefficient (Wildman–Crippen LogP) is 0.0985. The van der Waals surface area contributed by atoms with Gasteiger partial charge in [0.2, 0.25) is 0 Å². The van der Waals surface area contributed by atoms with E-state index in [2.05, 4.69) is 10.3 Å². The first kappa shape index (κ1) is 12.5. The topological polar surface area (TPSA) is 84.2 Å². The third-order valence-electron chi connectivity index (χ3n) is 2.52. The molecular formula is C12H13N3O3. The summed E-state index contributed by atoms with van der Waals surface area (Å²) in [5, 5.41) is 11.3. The number of nitrogens with zero attached hydrogens (tertiary/aromatic N) is 2. The SMILES string of the molecule is N#Cc1ccc(C(=O)NC[C@H]2COCCO2)cn1. The maximum Gasteiger partial charge on any atom is 0.252 e. The first-order valence-electron chi connectivity index (χ1n) is 5.63. The molecule has 0 spiro atoms. The van der Waals surface area contributed by atoms with Gasteiger partial charge in [-0.15, -0.1) is 0 Å². The first-order chi connectivity index (χ1) is 8.79. The largest absolute Gasteiger partial charge is 0.376 e. The third kappa shape index (κ3) is 3.26. The van der Waals surface area contributed by atoms with E-state index in [1.54, 1.807) is 6.07 Å². The van der Waals surface area contributed by atoms with Crippen LogP contribution in [0.2, 0.25) is 0 Å². The number of hydrogen-bond acceptors (Lipinski definition) is 5. The maximum absolute atomic E-state index is 11.8. The van der Waals surface area contributed by atoms with Crippen molar-refractivity contribution in [1.29, 1.82) is 5.26 Å². The summed E-state index contributed by atoms with van der Waals surface area (Å²) in [6.07, 6.45) is 1.28. The average molecular weight is 247 g/mol. The second-order valence-corrected chi connectivity index (χ2v) is 3.82. The van der Waals surface area contributed by atoms with Gasteiger partial charge in [-0.1, -0.05) is 0 Å². The van der Waals surface area contributed by atoms with E-state index in [0.29, 0.717) is 31.9 Å². The van der Waals surface area contributed by atoms with Crippen LogP contribution in [0.25, 0.3) is 0 Å². The van der Waals surface area contributed by atoms with E-state index >= 15 is 0 Å². The summed E-state index contributed by atoms with van der Waals surface area (Å²) in [6.45, 7) is 2.05. The lowest BCUT2D eigenvalue weighted by Crippen LogP contribution is -2.39.